The second kappa shape index (κ2) is 6.60. The number of hydrogen-bond acceptors (Lipinski definition) is 4. The number of aromatic nitrogens is 2. The SMILES string of the molecule is Oc1ccccc1-c1nc(N[C@H]2CC2c2ccccc2)c2cc(F)ccc2n1. The number of phenols is 1. The second-order valence-electron chi connectivity index (χ2n) is 7.08. The highest BCUT2D eigenvalue weighted by Gasteiger charge is 2.38. The Balaban J connectivity index is 1.55. The molecule has 0 spiro atoms. The summed E-state index contributed by atoms with van der Waals surface area (Å²) in [4.78, 5) is 9.17. The first-order chi connectivity index (χ1) is 13.7. The van der Waals surface area contributed by atoms with Crippen molar-refractivity contribution in [2.24, 2.45) is 0 Å². The van der Waals surface area contributed by atoms with Gasteiger partial charge in [-0.15, -0.1) is 0 Å². The van der Waals surface area contributed by atoms with E-state index in [2.05, 4.69) is 27.4 Å². The van der Waals surface area contributed by atoms with E-state index < -0.39 is 0 Å². The van der Waals surface area contributed by atoms with Crippen molar-refractivity contribution in [3.8, 4) is 17.1 Å². The zero-order valence-electron chi connectivity index (χ0n) is 15.0. The van der Waals surface area contributed by atoms with Crippen LogP contribution >= 0.6 is 0 Å². The van der Waals surface area contributed by atoms with Crippen molar-refractivity contribution in [2.45, 2.75) is 18.4 Å². The summed E-state index contributed by atoms with van der Waals surface area (Å²) in [6.07, 6.45) is 0.997. The molecule has 1 saturated carbocycles. The average Bonchev–Trinajstić information content (AvgIpc) is 3.48. The van der Waals surface area contributed by atoms with E-state index in [0.717, 1.165) is 6.42 Å². The van der Waals surface area contributed by atoms with Crippen LogP contribution in [0.4, 0.5) is 10.2 Å². The minimum atomic E-state index is -0.329. The van der Waals surface area contributed by atoms with Crippen molar-refractivity contribution in [3.05, 3.63) is 84.2 Å². The van der Waals surface area contributed by atoms with Crippen LogP contribution in [0.25, 0.3) is 22.3 Å². The van der Waals surface area contributed by atoms with Crippen LogP contribution in [0.15, 0.2) is 72.8 Å². The molecule has 28 heavy (non-hydrogen) atoms. The molecule has 0 bridgehead atoms. The summed E-state index contributed by atoms with van der Waals surface area (Å²) in [6.45, 7) is 0. The molecule has 1 aliphatic carbocycles. The standard InChI is InChI=1S/C23H18FN3O/c24-15-10-11-19-18(12-15)23(26-20-13-17(20)14-6-2-1-3-7-14)27-22(25-19)16-8-4-5-9-21(16)28/h1-12,17,20,28H,13H2,(H,25,26,27)/t17?,20-/m0/s1. The van der Waals surface area contributed by atoms with Gasteiger partial charge < -0.3 is 10.4 Å². The number of phenolic OH excluding ortho intramolecular Hbond substituents is 1. The molecule has 0 radical (unpaired) electrons. The monoisotopic (exact) mass is 371 g/mol. The Morgan fingerprint density at radius 1 is 0.929 bits per heavy atom. The van der Waals surface area contributed by atoms with Gasteiger partial charge in [-0.05, 0) is 42.3 Å². The van der Waals surface area contributed by atoms with E-state index >= 15 is 0 Å². The van der Waals surface area contributed by atoms with Crippen molar-refractivity contribution in [1.29, 1.82) is 0 Å². The molecule has 2 N–H and O–H groups in total. The Labute approximate surface area is 161 Å². The van der Waals surface area contributed by atoms with E-state index in [1.807, 2.05) is 24.3 Å². The van der Waals surface area contributed by atoms with Crippen LogP contribution in [0.1, 0.15) is 17.9 Å². The molecule has 0 saturated heterocycles. The summed E-state index contributed by atoms with van der Waals surface area (Å²) in [6, 6.07) is 22.0. The number of rotatable bonds is 4. The Kier molecular flexibility index (Phi) is 3.93. The van der Waals surface area contributed by atoms with Gasteiger partial charge in [0.2, 0.25) is 0 Å². The third-order valence-electron chi connectivity index (χ3n) is 5.14. The summed E-state index contributed by atoms with van der Waals surface area (Å²) in [7, 11) is 0. The van der Waals surface area contributed by atoms with Gasteiger partial charge in [-0.1, -0.05) is 42.5 Å². The van der Waals surface area contributed by atoms with Gasteiger partial charge in [-0.2, -0.15) is 0 Å². The van der Waals surface area contributed by atoms with E-state index in [1.165, 1.54) is 17.7 Å². The van der Waals surface area contributed by atoms with Gasteiger partial charge in [0, 0.05) is 17.3 Å². The molecule has 0 aliphatic heterocycles. The maximum atomic E-state index is 13.9. The molecule has 4 aromatic rings. The number of hydrogen-bond donors (Lipinski definition) is 2. The van der Waals surface area contributed by atoms with Crippen molar-refractivity contribution in [3.63, 3.8) is 0 Å². The fraction of sp³-hybridized carbons (Fsp3) is 0.130. The van der Waals surface area contributed by atoms with Gasteiger partial charge in [0.05, 0.1) is 11.1 Å². The van der Waals surface area contributed by atoms with Crippen molar-refractivity contribution in [1.82, 2.24) is 9.97 Å². The zero-order chi connectivity index (χ0) is 19.1. The Morgan fingerprint density at radius 3 is 2.54 bits per heavy atom. The van der Waals surface area contributed by atoms with Gasteiger partial charge >= 0.3 is 0 Å². The lowest BCUT2D eigenvalue weighted by molar-refractivity contribution is 0.477. The van der Waals surface area contributed by atoms with Crippen LogP contribution in [0.2, 0.25) is 0 Å². The van der Waals surface area contributed by atoms with Crippen molar-refractivity contribution < 1.29 is 9.50 Å². The molecular weight excluding hydrogens is 353 g/mol. The normalized spacial score (nSPS) is 18.2. The average molecular weight is 371 g/mol. The maximum Gasteiger partial charge on any atom is 0.165 e. The molecule has 4 nitrogen and oxygen atoms in total. The van der Waals surface area contributed by atoms with Crippen LogP contribution in [0.5, 0.6) is 5.75 Å². The summed E-state index contributed by atoms with van der Waals surface area (Å²) >= 11 is 0. The molecule has 5 heteroatoms. The number of aromatic hydroxyl groups is 1. The molecule has 1 fully saturated rings. The van der Waals surface area contributed by atoms with Gasteiger partial charge in [0.15, 0.2) is 5.82 Å². The molecular formula is C23H18FN3O. The lowest BCUT2D eigenvalue weighted by Crippen LogP contribution is -2.08. The van der Waals surface area contributed by atoms with Gasteiger partial charge in [-0.25, -0.2) is 14.4 Å². The van der Waals surface area contributed by atoms with E-state index in [-0.39, 0.29) is 17.6 Å². The zero-order valence-corrected chi connectivity index (χ0v) is 15.0. The van der Waals surface area contributed by atoms with E-state index in [0.29, 0.717) is 34.0 Å². The highest BCUT2D eigenvalue weighted by atomic mass is 19.1. The van der Waals surface area contributed by atoms with Crippen LogP contribution < -0.4 is 5.32 Å². The number of nitrogens with one attached hydrogen (secondary N) is 1. The van der Waals surface area contributed by atoms with Crippen molar-refractivity contribution >= 4 is 16.7 Å². The third kappa shape index (κ3) is 3.05. The van der Waals surface area contributed by atoms with Crippen LogP contribution in [-0.2, 0) is 0 Å². The van der Waals surface area contributed by atoms with E-state index in [1.54, 1.807) is 24.3 Å². The quantitative estimate of drug-likeness (QED) is 0.523. The molecule has 1 unspecified atom stereocenters. The number of para-hydroxylation sites is 1. The Bertz CT molecular complexity index is 1160. The molecule has 1 heterocycles. The number of nitrogens with zero attached hydrogens (tertiary/aromatic N) is 2. The fourth-order valence-electron chi connectivity index (χ4n) is 3.59. The predicted octanol–water partition coefficient (Wildman–Crippen LogP) is 5.11. The van der Waals surface area contributed by atoms with Crippen LogP contribution in [-0.4, -0.2) is 21.1 Å². The van der Waals surface area contributed by atoms with E-state index in [4.69, 9.17) is 0 Å². The largest absolute Gasteiger partial charge is 0.507 e. The molecule has 1 aliphatic rings. The first-order valence-electron chi connectivity index (χ1n) is 9.26. The number of anilines is 1. The topological polar surface area (TPSA) is 58.0 Å². The molecule has 138 valence electrons. The minimum Gasteiger partial charge on any atom is -0.507 e. The highest BCUT2D eigenvalue weighted by molar-refractivity contribution is 5.91. The summed E-state index contributed by atoms with van der Waals surface area (Å²) in [5.74, 6) is 1.20. The first-order valence-corrected chi connectivity index (χ1v) is 9.26. The number of halogens is 1. The van der Waals surface area contributed by atoms with Gasteiger partial charge in [0.25, 0.3) is 0 Å². The molecule has 5 rings (SSSR count). The van der Waals surface area contributed by atoms with Gasteiger partial charge in [-0.3, -0.25) is 0 Å². The summed E-state index contributed by atoms with van der Waals surface area (Å²) in [5.41, 5.74) is 2.46. The first kappa shape index (κ1) is 16.7. The molecule has 2 atom stereocenters. The summed E-state index contributed by atoms with van der Waals surface area (Å²) < 4.78 is 13.9. The van der Waals surface area contributed by atoms with Crippen molar-refractivity contribution in [2.75, 3.05) is 5.32 Å². The molecule has 3 aromatic carbocycles. The predicted molar refractivity (Wildman–Crippen MR) is 108 cm³/mol. The lowest BCUT2D eigenvalue weighted by Gasteiger charge is -2.12. The minimum absolute atomic E-state index is 0.114. The van der Waals surface area contributed by atoms with Crippen LogP contribution in [0.3, 0.4) is 0 Å². The van der Waals surface area contributed by atoms with Gasteiger partial charge in [0.1, 0.15) is 17.4 Å². The Hall–Kier alpha value is -3.47. The highest BCUT2D eigenvalue weighted by Crippen LogP contribution is 2.43. The maximum absolute atomic E-state index is 13.9. The number of benzene rings is 3. The fourth-order valence-corrected chi connectivity index (χ4v) is 3.59. The smallest absolute Gasteiger partial charge is 0.165 e. The molecule has 0 amide bonds. The summed E-state index contributed by atoms with van der Waals surface area (Å²) in [5, 5.41) is 14.3. The van der Waals surface area contributed by atoms with Crippen LogP contribution in [0, 0.1) is 5.82 Å². The number of fused-ring (bicyclic) bond motifs is 1. The second-order valence-corrected chi connectivity index (χ2v) is 7.08. The van der Waals surface area contributed by atoms with E-state index in [9.17, 15) is 9.50 Å². The molecule has 1 aromatic heterocycles. The Morgan fingerprint density at radius 2 is 1.71 bits per heavy atom. The third-order valence-corrected chi connectivity index (χ3v) is 5.14. The lowest BCUT2D eigenvalue weighted by atomic mass is 10.1.